The van der Waals surface area contributed by atoms with E-state index in [-0.39, 0.29) is 35.3 Å². The molecule has 2 bridgehead atoms. The van der Waals surface area contributed by atoms with Crippen LogP contribution >= 0.6 is 0 Å². The van der Waals surface area contributed by atoms with Crippen LogP contribution in [-0.2, 0) is 47.2 Å². The Morgan fingerprint density at radius 1 is 0.822 bits per heavy atom. The van der Waals surface area contributed by atoms with Crippen LogP contribution in [0.5, 0.6) is 0 Å². The molecule has 1 unspecified atom stereocenters. The number of aliphatic hydroxyl groups excluding tert-OH is 1. The van der Waals surface area contributed by atoms with Gasteiger partial charge in [-0.05, 0) is 93.7 Å². The Balaban J connectivity index is 1.43. The quantitative estimate of drug-likeness (QED) is 0.0566. The van der Waals surface area contributed by atoms with Gasteiger partial charge in [-0.3, -0.25) is 9.59 Å². The third-order valence-corrected chi connectivity index (χ3v) is 20.7. The summed E-state index contributed by atoms with van der Waals surface area (Å²) in [6.45, 7) is 18.2. The van der Waals surface area contributed by atoms with Gasteiger partial charge in [0, 0.05) is 25.2 Å². The number of nitrogens with one attached hydrogen (secondary N) is 1. The van der Waals surface area contributed by atoms with Crippen LogP contribution < -0.4 is 5.32 Å². The van der Waals surface area contributed by atoms with Crippen molar-refractivity contribution in [2.45, 2.75) is 167 Å². The van der Waals surface area contributed by atoms with Crippen molar-refractivity contribution in [1.82, 2.24) is 5.32 Å². The number of ketones is 1. The lowest BCUT2D eigenvalue weighted by molar-refractivity contribution is -0.345. The molecule has 4 aliphatic rings. The van der Waals surface area contributed by atoms with E-state index in [1.807, 2.05) is 20.8 Å². The highest BCUT2D eigenvalue weighted by Crippen LogP contribution is 2.64. The van der Waals surface area contributed by atoms with Gasteiger partial charge in [0.2, 0.25) is 0 Å². The van der Waals surface area contributed by atoms with Crippen LogP contribution in [0.2, 0.25) is 18.1 Å². The molecule has 1 saturated heterocycles. The van der Waals surface area contributed by atoms with E-state index in [1.54, 1.807) is 120 Å². The van der Waals surface area contributed by atoms with Crippen LogP contribution in [0.1, 0.15) is 121 Å². The molecule has 3 aliphatic carbocycles. The van der Waals surface area contributed by atoms with Crippen LogP contribution in [0.3, 0.4) is 0 Å². The van der Waals surface area contributed by atoms with E-state index >= 15 is 9.59 Å². The molecule has 3 aromatic carbocycles. The third kappa shape index (κ3) is 10.1. The summed E-state index contributed by atoms with van der Waals surface area (Å²) in [7, 11) is -2.76. The Hall–Kier alpha value is -5.72. The maximum Gasteiger partial charge on any atom is 0.408 e. The van der Waals surface area contributed by atoms with Crippen LogP contribution in [0.25, 0.3) is 0 Å². The van der Waals surface area contributed by atoms with Gasteiger partial charge in [0.15, 0.2) is 25.8 Å². The lowest BCUT2D eigenvalue weighted by atomic mass is 9.44. The van der Waals surface area contributed by atoms with Gasteiger partial charge in [0.1, 0.15) is 41.7 Å². The molecule has 7 rings (SSSR count). The maximum atomic E-state index is 15.9. The maximum absolute atomic E-state index is 15.9. The van der Waals surface area contributed by atoms with Crippen molar-refractivity contribution in [1.29, 1.82) is 0 Å². The number of amides is 1. The normalized spacial score (nSPS) is 29.3. The number of ether oxygens (including phenoxy) is 6. The lowest BCUT2D eigenvalue weighted by Gasteiger charge is -2.67. The summed E-state index contributed by atoms with van der Waals surface area (Å²) < 4.78 is 44.6. The molecule has 73 heavy (non-hydrogen) atoms. The van der Waals surface area contributed by atoms with Crippen molar-refractivity contribution in [3.63, 3.8) is 0 Å². The Morgan fingerprint density at radius 2 is 1.36 bits per heavy atom. The highest BCUT2D eigenvalue weighted by molar-refractivity contribution is 6.73. The van der Waals surface area contributed by atoms with Gasteiger partial charge >= 0.3 is 30.0 Å². The van der Waals surface area contributed by atoms with E-state index in [2.05, 4.69) is 5.32 Å². The van der Waals surface area contributed by atoms with E-state index in [9.17, 15) is 29.4 Å². The molecule has 1 amide bonds. The van der Waals surface area contributed by atoms with Crippen molar-refractivity contribution >= 4 is 44.1 Å². The minimum Gasteiger partial charge on any atom is -0.458 e. The van der Waals surface area contributed by atoms with E-state index in [0.29, 0.717) is 23.7 Å². The first-order valence-corrected chi connectivity index (χ1v) is 27.8. The molecule has 0 aromatic heterocycles. The van der Waals surface area contributed by atoms with Gasteiger partial charge in [-0.1, -0.05) is 101 Å². The van der Waals surface area contributed by atoms with Gasteiger partial charge in [-0.2, -0.15) is 0 Å². The van der Waals surface area contributed by atoms with Gasteiger partial charge in [0.05, 0.1) is 35.1 Å². The molecule has 3 fully saturated rings. The molecular weight excluding hydrogens is 955 g/mol. The Kier molecular flexibility index (Phi) is 15.7. The third-order valence-electron chi connectivity index (χ3n) is 16.1. The highest BCUT2D eigenvalue weighted by Gasteiger charge is 2.79. The zero-order chi connectivity index (χ0) is 53.5. The smallest absolute Gasteiger partial charge is 0.408 e. The number of rotatable bonds is 15. The van der Waals surface area contributed by atoms with Gasteiger partial charge in [-0.15, -0.1) is 0 Å². The first kappa shape index (κ1) is 55.0. The largest absolute Gasteiger partial charge is 0.458 e. The van der Waals surface area contributed by atoms with Gasteiger partial charge in [0.25, 0.3) is 0 Å². The minimum atomic E-state index is -2.76. The summed E-state index contributed by atoms with van der Waals surface area (Å²) in [6.07, 6.45) is -10.8. The van der Waals surface area contributed by atoms with Crippen molar-refractivity contribution < 1.29 is 71.8 Å². The monoisotopic (exact) mass is 1030 g/mol. The minimum absolute atomic E-state index is 0.0329. The zero-order valence-electron chi connectivity index (χ0n) is 43.7. The second kappa shape index (κ2) is 20.9. The summed E-state index contributed by atoms with van der Waals surface area (Å²) in [5.41, 5.74) is -7.94. The van der Waals surface area contributed by atoms with Crippen LogP contribution in [0.4, 0.5) is 4.79 Å². The molecule has 2 saturated carbocycles. The zero-order valence-corrected chi connectivity index (χ0v) is 44.7. The van der Waals surface area contributed by atoms with E-state index in [0.717, 1.165) is 0 Å². The SMILES string of the molecule is CC[Si](CC)(CC)O[C@@H](C(=O)O[C@H]1C[C@@]2(O)[C@@H](OC(=O)c3ccccc3)C3[C@](C)(C(=O)[C@H](O)C(=C1C)C2(C)C)[C@@H](OC(=O)c1ccccc1)C[C@H]1OC[C@@]31OC(C)=O)[C@@H](NC(=O)OC(C)(C)C)c1ccccc1. The Labute approximate surface area is 428 Å². The lowest BCUT2D eigenvalue weighted by Crippen LogP contribution is -2.82. The fourth-order valence-corrected chi connectivity index (χ4v) is 14.6. The summed E-state index contributed by atoms with van der Waals surface area (Å²) in [5, 5.41) is 29.9. The van der Waals surface area contributed by atoms with E-state index in [1.165, 1.54) is 26.0 Å². The number of aliphatic hydroxyl groups is 2. The number of esters is 4. The fraction of sp³-hybridized carbons (Fsp3) is 0.536. The van der Waals surface area contributed by atoms with E-state index < -0.39 is 127 Å². The topological polar surface area (TPSA) is 220 Å². The molecule has 0 radical (unpaired) electrons. The molecule has 394 valence electrons. The first-order valence-electron chi connectivity index (χ1n) is 25.2. The predicted octanol–water partition coefficient (Wildman–Crippen LogP) is 8.15. The number of hydrogen-bond donors (Lipinski definition) is 3. The number of fused-ring (bicyclic) bond motifs is 5. The van der Waals surface area contributed by atoms with Crippen LogP contribution in [0.15, 0.2) is 102 Å². The second-order valence-corrected chi connectivity index (χ2v) is 26.4. The molecule has 3 aromatic rings. The van der Waals surface area contributed by atoms with E-state index in [4.69, 9.17) is 32.8 Å². The van der Waals surface area contributed by atoms with Gasteiger partial charge in [-0.25, -0.2) is 19.2 Å². The molecule has 17 heteroatoms. The molecule has 11 atom stereocenters. The Bertz CT molecular complexity index is 2570. The van der Waals surface area contributed by atoms with Crippen molar-refractivity contribution in [3.05, 3.63) is 119 Å². The standard InChI is InChI=1S/C56H71NO15Si/c1-12-73(13-2,14-3)72-44(42(35-24-18-15-19-25-35)57-51(64)71-52(6,7)8)50(63)67-38-31-56(65)47(69-49(62)37-28-22-17-23-29-37)45-54(11,46(60)43(59)41(33(38)4)53(56,9)10)39(68-48(61)36-26-20-16-21-27-36)30-40-55(45,32-66-40)70-34(5)58/h15-29,38-40,42-45,47,59,65H,12-14,30-32H2,1-11H3,(H,57,64)/t38-,39-,40+,42-,43+,44+,45?,47-,54+,55-,56+/m0/s1. The average molecular weight is 1030 g/mol. The molecule has 1 heterocycles. The summed E-state index contributed by atoms with van der Waals surface area (Å²) in [4.78, 5) is 87.2. The molecule has 3 N–H and O–H groups in total. The number of benzene rings is 3. The van der Waals surface area contributed by atoms with Crippen LogP contribution in [0, 0.1) is 16.7 Å². The molecule has 16 nitrogen and oxygen atoms in total. The molecule has 1 aliphatic heterocycles. The predicted molar refractivity (Wildman–Crippen MR) is 269 cm³/mol. The first-order chi connectivity index (χ1) is 34.3. The average Bonchev–Trinajstić information content (AvgIpc) is 3.34. The second-order valence-electron chi connectivity index (χ2n) is 21.7. The number of Topliss-reactive ketones (excluding diaryl/α,β-unsaturated/α-hetero) is 1. The summed E-state index contributed by atoms with van der Waals surface area (Å²) in [5.74, 6) is -5.91. The van der Waals surface area contributed by atoms with Crippen molar-refractivity contribution in [3.8, 4) is 0 Å². The van der Waals surface area contributed by atoms with Crippen molar-refractivity contribution in [2.24, 2.45) is 16.7 Å². The fourth-order valence-electron chi connectivity index (χ4n) is 11.9. The number of carbonyl (C=O) groups is 6. The highest BCUT2D eigenvalue weighted by atomic mass is 28.4. The number of hydrogen-bond acceptors (Lipinski definition) is 15. The number of carbonyl (C=O) groups excluding carboxylic acids is 6. The summed E-state index contributed by atoms with van der Waals surface area (Å²) >= 11 is 0. The summed E-state index contributed by atoms with van der Waals surface area (Å²) in [6, 6.07) is 25.5. The van der Waals surface area contributed by atoms with Gasteiger partial charge < -0.3 is 48.4 Å². The number of alkyl carbamates (subject to hydrolysis) is 1. The Morgan fingerprint density at radius 3 is 1.85 bits per heavy atom. The van der Waals surface area contributed by atoms with Crippen molar-refractivity contribution in [2.75, 3.05) is 6.61 Å². The van der Waals surface area contributed by atoms with Crippen LogP contribution in [-0.4, -0.2) is 114 Å². The molecular formula is C56H71NO15Si. The molecule has 0 spiro atoms.